The minimum Gasteiger partial charge on any atom is -0.368 e. The zero-order chi connectivity index (χ0) is 9.68. The number of thioether (sulfide) groups is 1. The molecule has 0 saturated carbocycles. The number of hydrogen-bond donors (Lipinski definition) is 2. The van der Waals surface area contributed by atoms with Gasteiger partial charge < -0.3 is 11.5 Å². The normalized spacial score (nSPS) is 12.4. The maximum absolute atomic E-state index is 10.6. The Balaban J connectivity index is 2.39. The summed E-state index contributed by atoms with van der Waals surface area (Å²) < 4.78 is 0. The van der Waals surface area contributed by atoms with Crippen molar-refractivity contribution in [3.8, 4) is 0 Å². The van der Waals surface area contributed by atoms with Crippen LogP contribution in [0.2, 0.25) is 0 Å². The molecule has 1 atom stereocenters. The first kappa shape index (κ1) is 10.1. The van der Waals surface area contributed by atoms with Gasteiger partial charge in [0.2, 0.25) is 5.91 Å². The third-order valence-corrected chi connectivity index (χ3v) is 2.67. The van der Waals surface area contributed by atoms with Crippen LogP contribution in [0.5, 0.6) is 0 Å². The van der Waals surface area contributed by atoms with Gasteiger partial charge in [-0.3, -0.25) is 4.79 Å². The summed E-state index contributed by atoms with van der Waals surface area (Å²) in [5.41, 5.74) is 10.5. The van der Waals surface area contributed by atoms with Crippen LogP contribution in [-0.4, -0.2) is 17.7 Å². The van der Waals surface area contributed by atoms with E-state index in [1.807, 2.05) is 30.3 Å². The Kier molecular flexibility index (Phi) is 3.79. The molecule has 1 unspecified atom stereocenters. The van der Waals surface area contributed by atoms with Gasteiger partial charge in [0.25, 0.3) is 0 Å². The van der Waals surface area contributed by atoms with Crippen molar-refractivity contribution in [1.82, 2.24) is 0 Å². The molecule has 0 radical (unpaired) electrons. The predicted molar refractivity (Wildman–Crippen MR) is 54.3 cm³/mol. The van der Waals surface area contributed by atoms with Crippen molar-refractivity contribution >= 4 is 17.7 Å². The van der Waals surface area contributed by atoms with Crippen LogP contribution in [0.25, 0.3) is 0 Å². The number of carbonyl (C=O) groups is 1. The molecular formula is C9H12N2OS. The van der Waals surface area contributed by atoms with E-state index in [0.29, 0.717) is 5.75 Å². The van der Waals surface area contributed by atoms with Crippen molar-refractivity contribution in [3.05, 3.63) is 30.3 Å². The van der Waals surface area contributed by atoms with Gasteiger partial charge in [0.1, 0.15) is 0 Å². The highest BCUT2D eigenvalue weighted by Crippen LogP contribution is 2.16. The molecule has 0 bridgehead atoms. The van der Waals surface area contributed by atoms with E-state index in [4.69, 9.17) is 11.5 Å². The first-order valence-electron chi connectivity index (χ1n) is 3.93. The Morgan fingerprint density at radius 3 is 2.54 bits per heavy atom. The number of primary amides is 1. The van der Waals surface area contributed by atoms with Crippen LogP contribution in [0, 0.1) is 0 Å². The second-order valence-electron chi connectivity index (χ2n) is 2.63. The van der Waals surface area contributed by atoms with Gasteiger partial charge >= 0.3 is 0 Å². The van der Waals surface area contributed by atoms with E-state index in [1.54, 1.807) is 0 Å². The topological polar surface area (TPSA) is 69.1 Å². The number of nitrogens with two attached hydrogens (primary N) is 2. The summed E-state index contributed by atoms with van der Waals surface area (Å²) in [6, 6.07) is 9.20. The van der Waals surface area contributed by atoms with Gasteiger partial charge in [0.05, 0.1) is 6.04 Å². The quantitative estimate of drug-likeness (QED) is 0.692. The summed E-state index contributed by atoms with van der Waals surface area (Å²) in [5, 5.41) is 0. The summed E-state index contributed by atoms with van der Waals surface area (Å²) in [6.07, 6.45) is 0. The van der Waals surface area contributed by atoms with Gasteiger partial charge in [-0.05, 0) is 12.1 Å². The molecule has 0 aromatic heterocycles. The molecule has 0 aliphatic carbocycles. The minimum absolute atomic E-state index is 0.455. The van der Waals surface area contributed by atoms with E-state index in [-0.39, 0.29) is 0 Å². The molecule has 0 saturated heterocycles. The first-order valence-corrected chi connectivity index (χ1v) is 4.91. The van der Waals surface area contributed by atoms with Crippen LogP contribution in [0.1, 0.15) is 0 Å². The van der Waals surface area contributed by atoms with Crippen LogP contribution < -0.4 is 11.5 Å². The molecule has 0 fully saturated rings. The van der Waals surface area contributed by atoms with E-state index >= 15 is 0 Å². The third kappa shape index (κ3) is 3.48. The smallest absolute Gasteiger partial charge is 0.235 e. The monoisotopic (exact) mass is 196 g/mol. The summed E-state index contributed by atoms with van der Waals surface area (Å²) >= 11 is 1.53. The molecule has 70 valence electrons. The Hall–Kier alpha value is -1.00. The summed E-state index contributed by atoms with van der Waals surface area (Å²) in [7, 11) is 0. The zero-order valence-corrected chi connectivity index (χ0v) is 7.96. The van der Waals surface area contributed by atoms with E-state index in [2.05, 4.69) is 0 Å². The highest BCUT2D eigenvalue weighted by atomic mass is 32.2. The third-order valence-electron chi connectivity index (χ3n) is 1.54. The fourth-order valence-electron chi connectivity index (χ4n) is 0.785. The molecule has 0 heterocycles. The number of amides is 1. The molecule has 4 heteroatoms. The SMILES string of the molecule is NC(=O)C(N)CSc1ccccc1. The molecule has 1 aromatic rings. The van der Waals surface area contributed by atoms with Crippen molar-refractivity contribution in [2.45, 2.75) is 10.9 Å². The van der Waals surface area contributed by atoms with E-state index in [1.165, 1.54) is 11.8 Å². The molecule has 1 aromatic carbocycles. The van der Waals surface area contributed by atoms with E-state index in [0.717, 1.165) is 4.90 Å². The van der Waals surface area contributed by atoms with Crippen LogP contribution in [0.4, 0.5) is 0 Å². The predicted octanol–water partition coefficient (Wildman–Crippen LogP) is 0.591. The summed E-state index contributed by atoms with van der Waals surface area (Å²) in [4.78, 5) is 11.7. The van der Waals surface area contributed by atoms with Gasteiger partial charge in [-0.2, -0.15) is 0 Å². The Bertz CT molecular complexity index is 276. The van der Waals surface area contributed by atoms with Crippen molar-refractivity contribution in [2.75, 3.05) is 5.75 Å². The van der Waals surface area contributed by atoms with Crippen LogP contribution in [0.15, 0.2) is 35.2 Å². The van der Waals surface area contributed by atoms with Crippen LogP contribution >= 0.6 is 11.8 Å². The largest absolute Gasteiger partial charge is 0.368 e. The summed E-state index contributed by atoms with van der Waals surface area (Å²) in [5.74, 6) is 0.0720. The van der Waals surface area contributed by atoms with Gasteiger partial charge in [0.15, 0.2) is 0 Å². The average molecular weight is 196 g/mol. The molecule has 3 nitrogen and oxygen atoms in total. The number of rotatable bonds is 4. The summed E-state index contributed by atoms with van der Waals surface area (Å²) in [6.45, 7) is 0. The van der Waals surface area contributed by atoms with Crippen LogP contribution in [-0.2, 0) is 4.79 Å². The fourth-order valence-corrected chi connectivity index (χ4v) is 1.67. The van der Waals surface area contributed by atoms with Gasteiger partial charge in [-0.25, -0.2) is 0 Å². The molecule has 0 spiro atoms. The Labute approximate surface area is 81.5 Å². The molecular weight excluding hydrogens is 184 g/mol. The lowest BCUT2D eigenvalue weighted by atomic mass is 10.3. The number of hydrogen-bond acceptors (Lipinski definition) is 3. The molecule has 1 rings (SSSR count). The average Bonchev–Trinajstić information content (AvgIpc) is 2.15. The lowest BCUT2D eigenvalue weighted by Crippen LogP contribution is -2.38. The minimum atomic E-state index is -0.565. The highest BCUT2D eigenvalue weighted by molar-refractivity contribution is 7.99. The van der Waals surface area contributed by atoms with Crippen molar-refractivity contribution in [1.29, 1.82) is 0 Å². The number of benzene rings is 1. The molecule has 0 aliphatic heterocycles. The van der Waals surface area contributed by atoms with E-state index in [9.17, 15) is 4.79 Å². The molecule has 13 heavy (non-hydrogen) atoms. The molecule has 4 N–H and O–H groups in total. The lowest BCUT2D eigenvalue weighted by Gasteiger charge is -2.05. The van der Waals surface area contributed by atoms with Crippen molar-refractivity contribution < 1.29 is 4.79 Å². The Morgan fingerprint density at radius 2 is 2.00 bits per heavy atom. The van der Waals surface area contributed by atoms with Gasteiger partial charge in [-0.15, -0.1) is 11.8 Å². The molecule has 0 aliphatic rings. The van der Waals surface area contributed by atoms with Crippen molar-refractivity contribution in [3.63, 3.8) is 0 Å². The fraction of sp³-hybridized carbons (Fsp3) is 0.222. The second-order valence-corrected chi connectivity index (χ2v) is 3.73. The second kappa shape index (κ2) is 4.89. The standard InChI is InChI=1S/C9H12N2OS/c10-8(9(11)12)6-13-7-4-2-1-3-5-7/h1-5,8H,6,10H2,(H2,11,12). The van der Waals surface area contributed by atoms with Gasteiger partial charge in [-0.1, -0.05) is 18.2 Å². The highest BCUT2D eigenvalue weighted by Gasteiger charge is 2.08. The first-order chi connectivity index (χ1) is 6.20. The molecule has 1 amide bonds. The zero-order valence-electron chi connectivity index (χ0n) is 7.14. The lowest BCUT2D eigenvalue weighted by molar-refractivity contribution is -0.118. The Morgan fingerprint density at radius 1 is 1.38 bits per heavy atom. The number of carbonyl (C=O) groups excluding carboxylic acids is 1. The maximum Gasteiger partial charge on any atom is 0.235 e. The van der Waals surface area contributed by atoms with Crippen LogP contribution in [0.3, 0.4) is 0 Å². The van der Waals surface area contributed by atoms with Gasteiger partial charge in [0, 0.05) is 10.6 Å². The maximum atomic E-state index is 10.6. The van der Waals surface area contributed by atoms with E-state index < -0.39 is 11.9 Å². The van der Waals surface area contributed by atoms with Crippen molar-refractivity contribution in [2.24, 2.45) is 11.5 Å².